The molecule has 2 heterocycles. The molecule has 0 amide bonds. The van der Waals surface area contributed by atoms with Gasteiger partial charge in [-0.3, -0.25) is 9.69 Å². The van der Waals surface area contributed by atoms with E-state index in [1.165, 1.54) is 6.42 Å². The van der Waals surface area contributed by atoms with Gasteiger partial charge in [0.2, 0.25) is 5.89 Å². The second kappa shape index (κ2) is 7.03. The fraction of sp³-hybridized carbons (Fsp3) is 0.450. The number of hydrogen-bond acceptors (Lipinski definition) is 5. The second-order valence-electron chi connectivity index (χ2n) is 7.07. The molecule has 1 aliphatic carbocycles. The Morgan fingerprint density at radius 1 is 1.27 bits per heavy atom. The Hall–Kier alpha value is -2.47. The maximum absolute atomic E-state index is 12.7. The summed E-state index contributed by atoms with van der Waals surface area (Å²) in [6.45, 7) is 4.05. The van der Waals surface area contributed by atoms with Gasteiger partial charge in [0.1, 0.15) is 0 Å². The van der Waals surface area contributed by atoms with E-state index in [2.05, 4.69) is 22.0 Å². The van der Waals surface area contributed by atoms with Crippen LogP contribution in [0.2, 0.25) is 0 Å². The van der Waals surface area contributed by atoms with Crippen molar-refractivity contribution in [1.29, 1.82) is 0 Å². The normalized spacial score (nSPS) is 14.9. The maximum atomic E-state index is 12.7. The molecule has 0 aliphatic heterocycles. The Morgan fingerprint density at radius 3 is 2.81 bits per heavy atom. The zero-order valence-electron chi connectivity index (χ0n) is 15.3. The van der Waals surface area contributed by atoms with Crippen molar-refractivity contribution in [3.63, 3.8) is 0 Å². The average molecular weight is 352 g/mol. The van der Waals surface area contributed by atoms with Crippen molar-refractivity contribution in [1.82, 2.24) is 19.6 Å². The molecule has 0 atom stereocenters. The van der Waals surface area contributed by atoms with Crippen LogP contribution in [0.5, 0.6) is 0 Å². The van der Waals surface area contributed by atoms with Gasteiger partial charge in [-0.15, -0.1) is 0 Å². The van der Waals surface area contributed by atoms with Crippen molar-refractivity contribution < 1.29 is 4.52 Å². The fourth-order valence-electron chi connectivity index (χ4n) is 3.48. The van der Waals surface area contributed by atoms with Crippen LogP contribution in [-0.4, -0.2) is 26.2 Å². The minimum Gasteiger partial charge on any atom is -0.339 e. The topological polar surface area (TPSA) is 64.2 Å². The molecule has 1 saturated carbocycles. The molecule has 136 valence electrons. The van der Waals surface area contributed by atoms with E-state index >= 15 is 0 Å². The molecule has 0 bridgehead atoms. The van der Waals surface area contributed by atoms with Crippen LogP contribution in [-0.2, 0) is 20.1 Å². The highest BCUT2D eigenvalue weighted by Gasteiger charge is 2.25. The number of hydrogen-bond donors (Lipinski definition) is 0. The van der Waals surface area contributed by atoms with Crippen LogP contribution in [0.3, 0.4) is 0 Å². The van der Waals surface area contributed by atoms with Crippen molar-refractivity contribution in [2.24, 2.45) is 7.05 Å². The first kappa shape index (κ1) is 17.0. The monoisotopic (exact) mass is 352 g/mol. The molecule has 4 rings (SSSR count). The lowest BCUT2D eigenvalue weighted by Crippen LogP contribution is -2.29. The van der Waals surface area contributed by atoms with Crippen LogP contribution in [0.25, 0.3) is 10.9 Å². The third kappa shape index (κ3) is 3.17. The molecule has 1 fully saturated rings. The number of rotatable bonds is 6. The molecule has 2 aromatic heterocycles. The van der Waals surface area contributed by atoms with Gasteiger partial charge in [-0.1, -0.05) is 36.7 Å². The summed E-state index contributed by atoms with van der Waals surface area (Å²) in [4.78, 5) is 19.4. The Morgan fingerprint density at radius 2 is 2.08 bits per heavy atom. The molecule has 0 N–H and O–H groups in total. The van der Waals surface area contributed by atoms with Gasteiger partial charge in [0, 0.05) is 25.1 Å². The summed E-state index contributed by atoms with van der Waals surface area (Å²) < 4.78 is 7.13. The summed E-state index contributed by atoms with van der Waals surface area (Å²) in [6.07, 6.45) is 3.53. The molecule has 0 spiro atoms. The van der Waals surface area contributed by atoms with Crippen LogP contribution in [0.4, 0.5) is 0 Å². The quantitative estimate of drug-likeness (QED) is 0.682. The molecule has 6 nitrogen and oxygen atoms in total. The van der Waals surface area contributed by atoms with Gasteiger partial charge in [0.25, 0.3) is 5.56 Å². The van der Waals surface area contributed by atoms with Gasteiger partial charge in [-0.25, -0.2) is 0 Å². The SMILES string of the molecule is CCN(Cc1noc(C2CCC2)n1)Cc1cc2ccccc2n(C)c1=O. The Kier molecular flexibility index (Phi) is 4.59. The smallest absolute Gasteiger partial charge is 0.255 e. The first-order chi connectivity index (χ1) is 12.7. The Labute approximate surface area is 152 Å². The van der Waals surface area contributed by atoms with Gasteiger partial charge in [0.05, 0.1) is 12.1 Å². The molecule has 1 aliphatic rings. The van der Waals surface area contributed by atoms with Gasteiger partial charge in [0.15, 0.2) is 5.82 Å². The van der Waals surface area contributed by atoms with Crippen LogP contribution in [0, 0.1) is 0 Å². The van der Waals surface area contributed by atoms with Crippen LogP contribution >= 0.6 is 0 Å². The summed E-state index contributed by atoms with van der Waals surface area (Å²) in [5, 5.41) is 5.20. The van der Waals surface area contributed by atoms with E-state index in [9.17, 15) is 4.79 Å². The number of para-hydroxylation sites is 1. The highest BCUT2D eigenvalue weighted by Crippen LogP contribution is 2.35. The number of aryl methyl sites for hydroxylation is 1. The van der Waals surface area contributed by atoms with E-state index in [-0.39, 0.29) is 5.56 Å². The molecule has 0 unspecified atom stereocenters. The van der Waals surface area contributed by atoms with Crippen molar-refractivity contribution in [2.45, 2.75) is 45.2 Å². The molecule has 0 radical (unpaired) electrons. The fourth-order valence-corrected chi connectivity index (χ4v) is 3.48. The standard InChI is InChI=1S/C20H24N4O2/c1-3-24(13-18-21-19(26-22-18)14-8-6-9-14)12-16-11-15-7-4-5-10-17(15)23(2)20(16)25/h4-5,7,10-11,14H,3,6,8-9,12-13H2,1-2H3. The van der Waals surface area contributed by atoms with Crippen molar-refractivity contribution >= 4 is 10.9 Å². The highest BCUT2D eigenvalue weighted by atomic mass is 16.5. The summed E-state index contributed by atoms with van der Waals surface area (Å²) >= 11 is 0. The van der Waals surface area contributed by atoms with Crippen molar-refractivity contribution in [3.05, 3.63) is 58.0 Å². The zero-order chi connectivity index (χ0) is 18.1. The largest absolute Gasteiger partial charge is 0.339 e. The number of fused-ring (bicyclic) bond motifs is 1. The lowest BCUT2D eigenvalue weighted by Gasteiger charge is -2.20. The Balaban J connectivity index is 1.54. The first-order valence-electron chi connectivity index (χ1n) is 9.28. The number of nitrogens with zero attached hydrogens (tertiary/aromatic N) is 4. The molecule has 26 heavy (non-hydrogen) atoms. The highest BCUT2D eigenvalue weighted by molar-refractivity contribution is 5.79. The average Bonchev–Trinajstić information content (AvgIpc) is 3.05. The maximum Gasteiger partial charge on any atom is 0.255 e. The van der Waals surface area contributed by atoms with Crippen LogP contribution in [0.15, 0.2) is 39.6 Å². The van der Waals surface area contributed by atoms with E-state index in [4.69, 9.17) is 4.52 Å². The summed E-state index contributed by atoms with van der Waals surface area (Å²) in [5.74, 6) is 1.91. The number of benzene rings is 1. The van der Waals surface area contributed by atoms with Crippen molar-refractivity contribution in [3.8, 4) is 0 Å². The minimum absolute atomic E-state index is 0.0467. The van der Waals surface area contributed by atoms with E-state index < -0.39 is 0 Å². The van der Waals surface area contributed by atoms with E-state index in [1.807, 2.05) is 37.4 Å². The van der Waals surface area contributed by atoms with Crippen molar-refractivity contribution in [2.75, 3.05) is 6.54 Å². The third-order valence-electron chi connectivity index (χ3n) is 5.35. The molecule has 0 saturated heterocycles. The van der Waals surface area contributed by atoms with Gasteiger partial charge in [-0.05, 0) is 36.9 Å². The second-order valence-corrected chi connectivity index (χ2v) is 7.07. The Bertz CT molecular complexity index is 971. The van der Waals surface area contributed by atoms with Gasteiger partial charge in [-0.2, -0.15) is 4.98 Å². The van der Waals surface area contributed by atoms with Gasteiger partial charge >= 0.3 is 0 Å². The molecule has 3 aromatic rings. The van der Waals surface area contributed by atoms with E-state index in [1.54, 1.807) is 4.57 Å². The predicted octanol–water partition coefficient (Wildman–Crippen LogP) is 3.21. The lowest BCUT2D eigenvalue weighted by atomic mass is 9.85. The molecule has 6 heteroatoms. The van der Waals surface area contributed by atoms with Crippen LogP contribution in [0.1, 0.15) is 49.4 Å². The number of pyridine rings is 1. The summed E-state index contributed by atoms with van der Waals surface area (Å²) in [6, 6.07) is 9.96. The van der Waals surface area contributed by atoms with E-state index in [0.29, 0.717) is 24.8 Å². The third-order valence-corrected chi connectivity index (χ3v) is 5.35. The minimum atomic E-state index is 0.0467. The van der Waals surface area contributed by atoms with Gasteiger partial charge < -0.3 is 9.09 Å². The molecular formula is C20H24N4O2. The first-order valence-corrected chi connectivity index (χ1v) is 9.28. The van der Waals surface area contributed by atoms with Crippen LogP contribution < -0.4 is 5.56 Å². The molecule has 1 aromatic carbocycles. The number of aromatic nitrogens is 3. The summed E-state index contributed by atoms with van der Waals surface area (Å²) in [5.41, 5.74) is 1.79. The zero-order valence-corrected chi connectivity index (χ0v) is 15.3. The lowest BCUT2D eigenvalue weighted by molar-refractivity contribution is 0.255. The predicted molar refractivity (Wildman–Crippen MR) is 99.9 cm³/mol. The summed E-state index contributed by atoms with van der Waals surface area (Å²) in [7, 11) is 1.83. The van der Waals surface area contributed by atoms with E-state index in [0.717, 1.165) is 41.7 Å². The molecular weight excluding hydrogens is 328 g/mol.